The van der Waals surface area contributed by atoms with Crippen molar-refractivity contribution in [1.82, 2.24) is 29.7 Å². The highest BCUT2D eigenvalue weighted by molar-refractivity contribution is 9.08. The van der Waals surface area contributed by atoms with Gasteiger partial charge in [0, 0.05) is 143 Å². The number of ether oxygens (including phenoxy) is 8. The fourth-order valence-electron chi connectivity index (χ4n) is 12.9. The number of carbonyl (C=O) groups excluding carboxylic acids is 5. The number of guanidine groups is 2. The molecule has 5 heterocycles. The molecule has 712 valence electrons. The number of aliphatic imine (C=N–C) groups is 2. The molecule has 3 aromatic heterocycles. The second kappa shape index (κ2) is 55.7. The number of nitrogen functional groups attached to an aromatic ring is 1. The van der Waals surface area contributed by atoms with Crippen molar-refractivity contribution in [2.75, 3.05) is 90.8 Å². The van der Waals surface area contributed by atoms with E-state index >= 15 is 0 Å². The maximum absolute atomic E-state index is 11.8. The molecule has 0 bridgehead atoms. The molecule has 2 aliphatic heterocycles. The van der Waals surface area contributed by atoms with Crippen molar-refractivity contribution in [2.45, 2.75) is 144 Å². The van der Waals surface area contributed by atoms with Crippen LogP contribution in [-0.4, -0.2) is 182 Å². The molecule has 0 aliphatic carbocycles. The van der Waals surface area contributed by atoms with Gasteiger partial charge in [0.05, 0.1) is 140 Å². The molecule has 38 heteroatoms. The number of nitrogens with two attached hydrogens (primary N) is 3. The van der Waals surface area contributed by atoms with E-state index in [4.69, 9.17) is 52.1 Å². The van der Waals surface area contributed by atoms with E-state index in [1.54, 1.807) is 76.1 Å². The van der Waals surface area contributed by atoms with Gasteiger partial charge in [0.15, 0.2) is 5.96 Å². The standard InChI is InChI=1S/C21H26N4O3.C13H21NO.C11H13N3O2.C11H13NO4.C11H15NO2.C9H8BrNO4.C9H12ClNO.C8H6BrNO4.CH5N/c1-13-10-22-18(14(2)19(13)27-5)12-25(4)21-23-17-9-15(20(26)28-6)7-8-16(17)11-24(21)3;1-9-8-14-11(7-13(3,4)5)10(2)12(9)15-6;1-14-6-8-4-3-7(10(15)16-2)5-9(8)13-11(14)12;1-3-4-8-5-6-9(11(13)16-2)7-10(8)12(14)15;1-3-4-8-5-6-9(7-10(8)12)11(13)14-2;1-15-9(12)6-2-3-7(5-10)8(4-6)11(13)14;1-6-5-11-8(4-10)7(2)9(6)12-3;9-4-6-2-1-5(8(11)12)3-7(6)10(13)14;1-2/h7-10H,11-12H2,1-6H3;8H,7H2,1-6H3;3-5H,6H2,1-2H3,(H2,12,13);5-7H,3-4H2,1-2H3;5-7H,3-4,12H2,1-2H3;2-4H,5H2,1H3;5H,4H2,1-3H3;1-3H,4H2,(H,11,12);2H2,1H3. The first-order chi connectivity index (χ1) is 62.4. The van der Waals surface area contributed by atoms with E-state index < -0.39 is 32.7 Å². The maximum Gasteiger partial charge on any atom is 0.338 e. The average molecular weight is 1980 g/mol. The number of anilines is 1. The van der Waals surface area contributed by atoms with Crippen molar-refractivity contribution in [3.63, 3.8) is 0 Å². The van der Waals surface area contributed by atoms with Crippen LogP contribution in [-0.2, 0) is 79.1 Å². The van der Waals surface area contributed by atoms with Crippen molar-refractivity contribution in [1.29, 1.82) is 0 Å². The number of carboxylic acid groups (broad SMARTS) is 1. The molecule has 0 amide bonds. The highest BCUT2D eigenvalue weighted by atomic mass is 79.9. The Morgan fingerprint density at radius 3 is 1.18 bits per heavy atom. The Hall–Kier alpha value is -13.3. The third kappa shape index (κ3) is 33.3. The maximum atomic E-state index is 11.8. The molecule has 0 saturated heterocycles. The zero-order valence-electron chi connectivity index (χ0n) is 78.8. The summed E-state index contributed by atoms with van der Waals surface area (Å²) in [6.45, 7) is 24.8. The molecule has 132 heavy (non-hydrogen) atoms. The van der Waals surface area contributed by atoms with Crippen LogP contribution in [0.4, 0.5) is 34.1 Å². The molecule has 6 aromatic carbocycles. The van der Waals surface area contributed by atoms with Gasteiger partial charge in [-0.1, -0.05) is 116 Å². The number of aromatic carboxylic acids is 1. The number of alkyl halides is 3. The fraction of sp³-hybridized carbons (Fsp3) is 0.372. The molecule has 0 unspecified atom stereocenters. The lowest BCUT2D eigenvalue weighted by Gasteiger charge is -2.33. The predicted octanol–water partition coefficient (Wildman–Crippen LogP) is 18.0. The lowest BCUT2D eigenvalue weighted by atomic mass is 9.88. The molecule has 0 radical (unpaired) electrons. The number of pyridine rings is 3. The van der Waals surface area contributed by atoms with E-state index in [9.17, 15) is 59.1 Å². The quantitative estimate of drug-likeness (QED) is 0.0122. The number of fused-ring (bicyclic) bond motifs is 2. The smallest absolute Gasteiger partial charge is 0.338 e. The van der Waals surface area contributed by atoms with Gasteiger partial charge >= 0.3 is 35.8 Å². The number of rotatable bonds is 22. The SMILES string of the molecule is CCCc1ccc(C(=O)OC)cc1N.CCCc1ccc(C(=O)OC)cc1[N+](=O)[O-].CN.COC(=O)c1ccc(CBr)c([N+](=O)[O-])c1.COC(=O)c1ccc2c(c1)N=C(N(C)Cc1ncc(C)c(OC)c1C)N(C)C2.COC(=O)c1ccc2c(c1)N=C(N)N(C)C2.COc1c(C)cnc(CC(C)(C)C)c1C.COc1c(C)cnc(CCl)c1C.O=C(O)c1ccc(CBr)c([N+](=O)[O-])c1. The third-order valence-electron chi connectivity index (χ3n) is 19.6. The number of esters is 5. The van der Waals surface area contributed by atoms with Crippen LogP contribution in [0, 0.1) is 77.3 Å². The Balaban J connectivity index is 0.000000393. The number of carbonyl (C=O) groups is 6. The van der Waals surface area contributed by atoms with Gasteiger partial charge in [0.2, 0.25) is 5.96 Å². The largest absolute Gasteiger partial charge is 0.496 e. The second-order valence-corrected chi connectivity index (χ2v) is 31.8. The van der Waals surface area contributed by atoms with E-state index in [0.29, 0.717) is 87.6 Å². The molecular formula is C94H119Br2ClN14O21. The Bertz CT molecular complexity index is 5580. The molecule has 2 aliphatic rings. The van der Waals surface area contributed by atoms with Crippen LogP contribution in [0.5, 0.6) is 17.2 Å². The molecular weight excluding hydrogens is 1860 g/mol. The van der Waals surface area contributed by atoms with Crippen LogP contribution in [0.25, 0.3) is 0 Å². The van der Waals surface area contributed by atoms with Gasteiger partial charge in [-0.25, -0.2) is 38.8 Å². The fourth-order valence-corrected chi connectivity index (χ4v) is 14.1. The number of hydrogen-bond acceptors (Lipinski definition) is 31. The summed E-state index contributed by atoms with van der Waals surface area (Å²) in [4.78, 5) is 126. The zero-order chi connectivity index (χ0) is 99.7. The van der Waals surface area contributed by atoms with E-state index in [-0.39, 0.29) is 57.1 Å². The van der Waals surface area contributed by atoms with Crippen molar-refractivity contribution < 1.29 is 86.5 Å². The number of carboxylic acids is 1. The van der Waals surface area contributed by atoms with Gasteiger partial charge in [-0.3, -0.25) is 45.3 Å². The molecule has 35 nitrogen and oxygen atoms in total. The number of aromatic nitrogens is 3. The van der Waals surface area contributed by atoms with Crippen LogP contribution >= 0.6 is 43.5 Å². The van der Waals surface area contributed by atoms with Gasteiger partial charge in [-0.2, -0.15) is 0 Å². The van der Waals surface area contributed by atoms with Gasteiger partial charge in [-0.15, -0.1) is 11.6 Å². The summed E-state index contributed by atoms with van der Waals surface area (Å²) in [5.74, 6) is 1.04. The van der Waals surface area contributed by atoms with Crippen molar-refractivity contribution >= 4 is 125 Å². The predicted molar refractivity (Wildman–Crippen MR) is 516 cm³/mol. The summed E-state index contributed by atoms with van der Waals surface area (Å²) in [5, 5.41) is 41.3. The van der Waals surface area contributed by atoms with Gasteiger partial charge < -0.3 is 74.9 Å². The van der Waals surface area contributed by atoms with E-state index in [0.717, 1.165) is 128 Å². The van der Waals surface area contributed by atoms with Gasteiger partial charge in [0.1, 0.15) is 17.2 Å². The molecule has 11 rings (SSSR count). The first kappa shape index (κ1) is 113. The number of nitro groups is 3. The van der Waals surface area contributed by atoms with Crippen LogP contribution in [0.1, 0.15) is 193 Å². The van der Waals surface area contributed by atoms with Crippen LogP contribution in [0.15, 0.2) is 138 Å². The van der Waals surface area contributed by atoms with E-state index in [1.807, 2.05) is 98.2 Å². The number of halogens is 3. The van der Waals surface area contributed by atoms with Gasteiger partial charge in [0.25, 0.3) is 17.1 Å². The molecule has 0 atom stereocenters. The normalized spacial score (nSPS) is 11.1. The first-order valence-electron chi connectivity index (χ1n) is 40.9. The zero-order valence-corrected chi connectivity index (χ0v) is 82.7. The number of aryl methyl sites for hydroxylation is 5. The monoisotopic (exact) mass is 1970 g/mol. The average Bonchev–Trinajstić information content (AvgIpc) is 0.783. The number of methoxy groups -OCH3 is 8. The minimum Gasteiger partial charge on any atom is -0.496 e. The third-order valence-corrected chi connectivity index (χ3v) is 21.1. The lowest BCUT2D eigenvalue weighted by Crippen LogP contribution is -2.41. The number of nitro benzene ring substituents is 3. The topological polar surface area (TPSA) is 477 Å². The van der Waals surface area contributed by atoms with Gasteiger partial charge in [-0.05, 0) is 145 Å². The summed E-state index contributed by atoms with van der Waals surface area (Å²) in [6, 6.07) is 28.5. The summed E-state index contributed by atoms with van der Waals surface area (Å²) >= 11 is 11.9. The Morgan fingerprint density at radius 1 is 0.485 bits per heavy atom. The Morgan fingerprint density at radius 2 is 0.811 bits per heavy atom. The van der Waals surface area contributed by atoms with Crippen molar-refractivity contribution in [3.05, 3.63) is 275 Å². The summed E-state index contributed by atoms with van der Waals surface area (Å²) in [6.07, 6.45) is 9.91. The summed E-state index contributed by atoms with van der Waals surface area (Å²) in [5.41, 5.74) is 34.1. The number of benzene rings is 6. The molecule has 0 fully saturated rings. The summed E-state index contributed by atoms with van der Waals surface area (Å²) in [7, 11) is 19.0. The first-order valence-corrected chi connectivity index (χ1v) is 43.6. The lowest BCUT2D eigenvalue weighted by molar-refractivity contribution is -0.385. The van der Waals surface area contributed by atoms with Crippen molar-refractivity contribution in [3.8, 4) is 17.2 Å². The minimum atomic E-state index is -1.17. The second-order valence-electron chi connectivity index (χ2n) is 30.4. The minimum absolute atomic E-state index is 0.0234. The van der Waals surface area contributed by atoms with E-state index in [1.165, 1.54) is 84.6 Å². The van der Waals surface area contributed by atoms with E-state index in [2.05, 4.69) is 121 Å². The Labute approximate surface area is 791 Å². The molecule has 9 aromatic rings. The molecule has 7 N–H and O–H groups in total. The highest BCUT2D eigenvalue weighted by Crippen LogP contribution is 2.34. The number of nitrogens with zero attached hydrogens (tertiary/aromatic N) is 11. The molecule has 0 saturated carbocycles. The summed E-state index contributed by atoms with van der Waals surface area (Å²) < 4.78 is 39.2. The van der Waals surface area contributed by atoms with Crippen LogP contribution in [0.3, 0.4) is 0 Å². The van der Waals surface area contributed by atoms with Crippen LogP contribution in [0.2, 0.25) is 0 Å². The van der Waals surface area contributed by atoms with Crippen molar-refractivity contribution in [2.24, 2.45) is 26.9 Å². The van der Waals surface area contributed by atoms with Crippen LogP contribution < -0.4 is 31.4 Å². The Kier molecular flexibility index (Phi) is 47.6. The number of hydrogen-bond donors (Lipinski definition) is 4. The molecule has 0 spiro atoms. The highest BCUT2D eigenvalue weighted by Gasteiger charge is 2.26.